The van der Waals surface area contributed by atoms with Gasteiger partial charge in [0.25, 0.3) is 0 Å². The molecule has 6 radical (unpaired) electrons. The van der Waals surface area contributed by atoms with Crippen LogP contribution in [0.15, 0.2) is 0 Å². The topological polar surface area (TPSA) is 102 Å². The molecule has 0 spiro atoms. The molecule has 0 bridgehead atoms. The summed E-state index contributed by atoms with van der Waals surface area (Å²) in [5.74, 6) is 0. The Morgan fingerprint density at radius 1 is 0.308 bits per heavy atom. The van der Waals surface area contributed by atoms with Crippen LogP contribution in [-0.4, -0.2) is 40.7 Å². The minimum absolute atomic E-state index is 0. The van der Waals surface area contributed by atoms with Gasteiger partial charge in [-0.15, -0.1) is 0 Å². The molecule has 0 fully saturated rings. The van der Waals surface area contributed by atoms with E-state index < -0.39 is 0 Å². The molecule has 0 aliphatic heterocycles. The van der Waals surface area contributed by atoms with E-state index in [1.54, 1.807) is 0 Å². The maximum Gasteiger partial charge on any atom is 0 e. The predicted molar refractivity (Wildman–Crippen MR) is 34.2 cm³/mol. The normalized spacial score (nSPS) is 1.85. The molecule has 0 saturated heterocycles. The molecule has 0 amide bonds. The summed E-state index contributed by atoms with van der Waals surface area (Å²) in [6, 6.07) is 0. The van der Waals surface area contributed by atoms with Crippen LogP contribution < -0.4 is 0 Å². The van der Waals surface area contributed by atoms with Crippen molar-refractivity contribution >= 4 is 40.7 Å². The molecule has 0 unspecified atom stereocenters. The summed E-state index contributed by atoms with van der Waals surface area (Å²) in [6.45, 7) is 27.0. The number of carbonyl (C=O) groups excluding carboxylic acids is 6. The second-order valence-electron chi connectivity index (χ2n) is 0. The molecule has 0 atom stereocenters. The van der Waals surface area contributed by atoms with Crippen molar-refractivity contribution in [3.8, 4) is 0 Å². The second kappa shape index (κ2) is 605. The Balaban J connectivity index is -0.00000000655. The summed E-state index contributed by atoms with van der Waals surface area (Å²) in [6.07, 6.45) is 0. The van der Waals surface area contributed by atoms with Crippen molar-refractivity contribution in [1.29, 1.82) is 0 Å². The molecule has 0 aromatic carbocycles. The first kappa shape index (κ1) is 60.6. The van der Waals surface area contributed by atoms with Gasteiger partial charge in [0.05, 0.1) is 0 Å². The Kier molecular flexibility index (Phi) is 2820. The summed E-state index contributed by atoms with van der Waals surface area (Å²) in [4.78, 5) is 45.0. The minimum Gasteiger partial charge on any atom is -0.573 e. The van der Waals surface area contributed by atoms with Crippen LogP contribution in [0.2, 0.25) is 0 Å². The van der Waals surface area contributed by atoms with E-state index in [1.165, 1.54) is 0 Å². The van der Waals surface area contributed by atoms with Gasteiger partial charge in [0.2, 0.25) is 0 Å². The fourth-order valence-corrected chi connectivity index (χ4v) is 0. The van der Waals surface area contributed by atoms with Crippen molar-refractivity contribution in [1.82, 2.24) is 0 Å². The molecule has 72 valence electrons. The molecule has 0 aliphatic carbocycles. The standard InChI is InChI=1S/6CO.Mo/c6*1-2;/q6*-1;. The van der Waals surface area contributed by atoms with Gasteiger partial charge in [-0.1, -0.05) is 0 Å². The average Bonchev–Trinajstić information content (AvgIpc) is 2.33. The molecular weight excluding hydrogens is 264 g/mol. The Bertz CT molecular complexity index is 32.6. The SMILES string of the molecule is [C-]=O.[C-]=O.[C-]=O.[C-]=O.[C-]=O.[C-]=O.[Mo]. The molecule has 13 heavy (non-hydrogen) atoms. The second-order valence-corrected chi connectivity index (χ2v) is 0. The van der Waals surface area contributed by atoms with Crippen molar-refractivity contribution in [2.24, 2.45) is 0 Å². The Morgan fingerprint density at radius 3 is 0.308 bits per heavy atom. The summed E-state index contributed by atoms with van der Waals surface area (Å²) >= 11 is 0. The molecule has 0 aromatic rings. The summed E-state index contributed by atoms with van der Waals surface area (Å²) < 4.78 is 0. The summed E-state index contributed by atoms with van der Waals surface area (Å²) in [5, 5.41) is 0. The van der Waals surface area contributed by atoms with E-state index in [0.717, 1.165) is 0 Å². The maximum absolute atomic E-state index is 7.50. The van der Waals surface area contributed by atoms with Gasteiger partial charge < -0.3 is 69.5 Å². The Hall–Kier alpha value is -1.29. The third kappa shape index (κ3) is 487. The van der Waals surface area contributed by atoms with Crippen LogP contribution in [0.1, 0.15) is 0 Å². The van der Waals surface area contributed by atoms with Crippen LogP contribution in [0.4, 0.5) is 0 Å². The van der Waals surface area contributed by atoms with Gasteiger partial charge in [-0.3, -0.25) is 0 Å². The van der Waals surface area contributed by atoms with Crippen LogP contribution >= 0.6 is 0 Å². The van der Waals surface area contributed by atoms with E-state index in [0.29, 0.717) is 0 Å². The predicted octanol–water partition coefficient (Wildman–Crippen LogP) is -2.39. The van der Waals surface area contributed by atoms with E-state index in [2.05, 4.69) is 40.7 Å². The van der Waals surface area contributed by atoms with Gasteiger partial charge in [-0.25, -0.2) is 0 Å². The smallest absolute Gasteiger partial charge is 0 e. The van der Waals surface area contributed by atoms with Gasteiger partial charge in [0, 0.05) is 21.1 Å². The van der Waals surface area contributed by atoms with E-state index in [-0.39, 0.29) is 21.1 Å². The molecule has 6 nitrogen and oxygen atoms in total. The van der Waals surface area contributed by atoms with Gasteiger partial charge in [-0.2, -0.15) is 0 Å². The molecule has 0 heterocycles. The third-order valence-corrected chi connectivity index (χ3v) is 0. The zero-order valence-corrected chi connectivity index (χ0v) is 7.86. The van der Waals surface area contributed by atoms with Crippen LogP contribution in [0.25, 0.3) is 0 Å². The zero-order valence-electron chi connectivity index (χ0n) is 5.86. The molecule has 0 N–H and O–H groups in total. The van der Waals surface area contributed by atoms with Crippen LogP contribution in [0.3, 0.4) is 0 Å². The average molecular weight is 264 g/mol. The van der Waals surface area contributed by atoms with Crippen LogP contribution in [0.5, 0.6) is 0 Å². The number of hydrogen-bond acceptors (Lipinski definition) is 6. The molecular formula is C6MoO6-6. The number of hydrogen-bond donors (Lipinski definition) is 0. The molecule has 0 saturated carbocycles. The van der Waals surface area contributed by atoms with Gasteiger partial charge >= 0.3 is 0 Å². The largest absolute Gasteiger partial charge is 0.573 e. The Labute approximate surface area is 91.0 Å². The molecule has 7 heteroatoms. The number of rotatable bonds is 0. The monoisotopic (exact) mass is 266 g/mol. The summed E-state index contributed by atoms with van der Waals surface area (Å²) in [5.41, 5.74) is 0. The first-order valence-electron chi connectivity index (χ1n) is 1.22. The van der Waals surface area contributed by atoms with E-state index in [9.17, 15) is 0 Å². The molecule has 0 aromatic heterocycles. The van der Waals surface area contributed by atoms with Gasteiger partial charge in [0.1, 0.15) is 0 Å². The van der Waals surface area contributed by atoms with E-state index in [4.69, 9.17) is 28.8 Å². The van der Waals surface area contributed by atoms with Crippen LogP contribution in [-0.2, 0) is 49.8 Å². The van der Waals surface area contributed by atoms with Crippen molar-refractivity contribution in [2.75, 3.05) is 0 Å². The van der Waals surface area contributed by atoms with E-state index in [1.807, 2.05) is 0 Å². The van der Waals surface area contributed by atoms with Crippen molar-refractivity contribution in [2.45, 2.75) is 0 Å². The minimum atomic E-state index is 0. The van der Waals surface area contributed by atoms with Gasteiger partial charge in [0.15, 0.2) is 0 Å². The van der Waals surface area contributed by atoms with Crippen molar-refractivity contribution < 1.29 is 49.8 Å². The van der Waals surface area contributed by atoms with Crippen LogP contribution in [0, 0.1) is 0 Å². The third-order valence-electron chi connectivity index (χ3n) is 0. The zero-order chi connectivity index (χ0) is 12.0. The summed E-state index contributed by atoms with van der Waals surface area (Å²) in [7, 11) is 0. The Morgan fingerprint density at radius 2 is 0.308 bits per heavy atom. The first-order chi connectivity index (χ1) is 6.00. The van der Waals surface area contributed by atoms with E-state index >= 15 is 0 Å². The fourth-order valence-electron chi connectivity index (χ4n) is 0. The first-order valence-corrected chi connectivity index (χ1v) is 1.22. The van der Waals surface area contributed by atoms with Gasteiger partial charge in [-0.05, 0) is 0 Å². The quantitative estimate of drug-likeness (QED) is 0.357. The fraction of sp³-hybridized carbons (Fsp3) is 0. The van der Waals surface area contributed by atoms with Crippen molar-refractivity contribution in [3.63, 3.8) is 0 Å². The maximum atomic E-state index is 7.50. The molecule has 0 rings (SSSR count). The van der Waals surface area contributed by atoms with Crippen molar-refractivity contribution in [3.05, 3.63) is 0 Å². The molecule has 0 aliphatic rings.